The van der Waals surface area contributed by atoms with Crippen LogP contribution in [0.2, 0.25) is 0 Å². The molecule has 3 N–H and O–H groups in total. The molecule has 3 aromatic carbocycles. The van der Waals surface area contributed by atoms with Crippen LogP contribution in [-0.2, 0) is 0 Å². The highest BCUT2D eigenvalue weighted by molar-refractivity contribution is 6.05. The van der Waals surface area contributed by atoms with E-state index in [4.69, 9.17) is 4.42 Å². The van der Waals surface area contributed by atoms with E-state index in [2.05, 4.69) is 49.7 Å². The normalized spacial score (nSPS) is 11.3. The topological polar surface area (TPSA) is 99.6 Å². The molecule has 0 aliphatic rings. The molecule has 4 aromatic heterocycles. The van der Waals surface area contributed by atoms with Gasteiger partial charge in [0.1, 0.15) is 5.69 Å². The molecule has 0 aliphatic carbocycles. The molecule has 0 saturated heterocycles. The lowest BCUT2D eigenvalue weighted by atomic mass is 10.0. The molecule has 0 radical (unpaired) electrons. The van der Waals surface area contributed by atoms with Gasteiger partial charge in [0.05, 0.1) is 35.6 Å². The average Bonchev–Trinajstić information content (AvgIpc) is 3.73. The number of aromatic amines is 2. The number of benzene rings is 3. The van der Waals surface area contributed by atoms with Crippen LogP contribution < -0.4 is 5.32 Å². The summed E-state index contributed by atoms with van der Waals surface area (Å²) in [6, 6.07) is 27.4. The number of carbonyl (C=O) groups is 1. The number of fused-ring (bicyclic) bond motifs is 2. The predicted octanol–water partition coefficient (Wildman–Crippen LogP) is 7.29. The molecule has 0 unspecified atom stereocenters. The van der Waals surface area contributed by atoms with Crippen LogP contribution >= 0.6 is 0 Å². The van der Waals surface area contributed by atoms with Crippen molar-refractivity contribution >= 4 is 33.4 Å². The third-order valence-electron chi connectivity index (χ3n) is 6.68. The first-order valence-corrected chi connectivity index (χ1v) is 12.2. The molecule has 0 atom stereocenters. The lowest BCUT2D eigenvalue weighted by Crippen LogP contribution is -2.11. The molecule has 0 saturated carbocycles. The number of aromatic nitrogens is 4. The summed E-state index contributed by atoms with van der Waals surface area (Å²) in [5.74, 6) is -0.175. The maximum atomic E-state index is 12.6. The van der Waals surface area contributed by atoms with Crippen LogP contribution in [0, 0.1) is 0 Å². The van der Waals surface area contributed by atoms with E-state index in [0.29, 0.717) is 11.3 Å². The van der Waals surface area contributed by atoms with Crippen LogP contribution in [0.15, 0.2) is 114 Å². The summed E-state index contributed by atoms with van der Waals surface area (Å²) >= 11 is 0. The van der Waals surface area contributed by atoms with E-state index in [-0.39, 0.29) is 5.91 Å². The van der Waals surface area contributed by atoms with Crippen LogP contribution in [0.25, 0.3) is 55.4 Å². The van der Waals surface area contributed by atoms with Gasteiger partial charge in [-0.3, -0.25) is 14.9 Å². The summed E-state index contributed by atoms with van der Waals surface area (Å²) in [6.45, 7) is 0. The largest absolute Gasteiger partial charge is 0.472 e. The smallest absolute Gasteiger partial charge is 0.255 e. The highest BCUT2D eigenvalue weighted by atomic mass is 16.3. The fraction of sp³-hybridized carbons (Fsp3) is 0. The molecule has 7 rings (SSSR count). The SMILES string of the molecule is O=C(Nc1cncc(-c2ccc3[nH]nc(-c4cc5c(-c6ccoc6)cccc5[nH]4)c3c2)c1)c1ccccc1. The van der Waals surface area contributed by atoms with Crippen LogP contribution in [0.1, 0.15) is 10.4 Å². The molecule has 0 aliphatic heterocycles. The zero-order chi connectivity index (χ0) is 25.5. The van der Waals surface area contributed by atoms with E-state index in [9.17, 15) is 4.79 Å². The van der Waals surface area contributed by atoms with Crippen LogP contribution in [-0.4, -0.2) is 26.1 Å². The summed E-state index contributed by atoms with van der Waals surface area (Å²) in [5.41, 5.74) is 8.92. The summed E-state index contributed by atoms with van der Waals surface area (Å²) in [7, 11) is 0. The number of hydrogen-bond acceptors (Lipinski definition) is 4. The fourth-order valence-corrected chi connectivity index (χ4v) is 4.81. The van der Waals surface area contributed by atoms with E-state index in [1.54, 1.807) is 37.1 Å². The first kappa shape index (κ1) is 21.8. The van der Waals surface area contributed by atoms with Crippen molar-refractivity contribution in [3.8, 4) is 33.6 Å². The Morgan fingerprint density at radius 3 is 2.58 bits per heavy atom. The highest BCUT2D eigenvalue weighted by Gasteiger charge is 2.15. The van der Waals surface area contributed by atoms with E-state index in [0.717, 1.165) is 55.4 Å². The average molecular weight is 496 g/mol. The van der Waals surface area contributed by atoms with Crippen molar-refractivity contribution in [1.29, 1.82) is 0 Å². The Morgan fingerprint density at radius 1 is 0.789 bits per heavy atom. The van der Waals surface area contributed by atoms with Gasteiger partial charge in [-0.15, -0.1) is 0 Å². The van der Waals surface area contributed by atoms with Gasteiger partial charge < -0.3 is 14.7 Å². The number of H-pyrrole nitrogens is 2. The summed E-state index contributed by atoms with van der Waals surface area (Å²) in [4.78, 5) is 20.5. The van der Waals surface area contributed by atoms with E-state index < -0.39 is 0 Å². The number of hydrogen-bond donors (Lipinski definition) is 3. The summed E-state index contributed by atoms with van der Waals surface area (Å²) < 4.78 is 5.31. The fourth-order valence-electron chi connectivity index (χ4n) is 4.81. The van der Waals surface area contributed by atoms with Crippen molar-refractivity contribution in [2.75, 3.05) is 5.32 Å². The molecule has 7 aromatic rings. The monoisotopic (exact) mass is 495 g/mol. The van der Waals surface area contributed by atoms with Gasteiger partial charge in [0.25, 0.3) is 5.91 Å². The summed E-state index contributed by atoms with van der Waals surface area (Å²) in [5, 5.41) is 12.8. The molecular weight excluding hydrogens is 474 g/mol. The Morgan fingerprint density at radius 2 is 1.71 bits per heavy atom. The standard InChI is InChI=1S/C31H21N5O2/c37-31(19-5-2-1-3-6-19)33-23-13-22(16-32-17-23)20-9-10-28-26(14-20)30(36-35-28)29-15-25-24(21-11-12-38-18-21)7-4-8-27(25)34-29/h1-18,34H,(H,33,37)(H,35,36). The highest BCUT2D eigenvalue weighted by Crippen LogP contribution is 2.35. The molecule has 7 nitrogen and oxygen atoms in total. The Kier molecular flexibility index (Phi) is 5.11. The maximum Gasteiger partial charge on any atom is 0.255 e. The third kappa shape index (κ3) is 3.83. The quantitative estimate of drug-likeness (QED) is 0.233. The second-order valence-electron chi connectivity index (χ2n) is 9.08. The van der Waals surface area contributed by atoms with Gasteiger partial charge in [0.15, 0.2) is 0 Å². The van der Waals surface area contributed by atoms with E-state index in [1.807, 2.05) is 48.5 Å². The van der Waals surface area contributed by atoms with Gasteiger partial charge >= 0.3 is 0 Å². The van der Waals surface area contributed by atoms with Crippen molar-refractivity contribution in [2.45, 2.75) is 0 Å². The second kappa shape index (κ2) is 8.90. The van der Waals surface area contributed by atoms with Gasteiger partial charge in [-0.05, 0) is 59.7 Å². The molecule has 0 fully saturated rings. The molecule has 7 heteroatoms. The number of rotatable bonds is 5. The minimum absolute atomic E-state index is 0.175. The number of nitrogens with zero attached hydrogens (tertiary/aromatic N) is 2. The van der Waals surface area contributed by atoms with Gasteiger partial charge in [0, 0.05) is 39.2 Å². The first-order chi connectivity index (χ1) is 18.7. The van der Waals surface area contributed by atoms with E-state index >= 15 is 0 Å². The van der Waals surface area contributed by atoms with Gasteiger partial charge in [-0.1, -0.05) is 36.4 Å². The Labute approximate surface area is 217 Å². The molecule has 182 valence electrons. The van der Waals surface area contributed by atoms with Crippen molar-refractivity contribution in [3.63, 3.8) is 0 Å². The van der Waals surface area contributed by atoms with Gasteiger partial charge in [-0.2, -0.15) is 5.10 Å². The van der Waals surface area contributed by atoms with Gasteiger partial charge in [0.2, 0.25) is 0 Å². The number of pyridine rings is 1. The van der Waals surface area contributed by atoms with Crippen molar-refractivity contribution in [3.05, 3.63) is 115 Å². The van der Waals surface area contributed by atoms with Crippen LogP contribution in [0.3, 0.4) is 0 Å². The lowest BCUT2D eigenvalue weighted by molar-refractivity contribution is 0.102. The predicted molar refractivity (Wildman–Crippen MR) is 149 cm³/mol. The molecule has 1 amide bonds. The zero-order valence-corrected chi connectivity index (χ0v) is 20.1. The van der Waals surface area contributed by atoms with Crippen molar-refractivity contribution in [2.24, 2.45) is 0 Å². The zero-order valence-electron chi connectivity index (χ0n) is 20.1. The molecule has 4 heterocycles. The van der Waals surface area contributed by atoms with E-state index in [1.165, 1.54) is 0 Å². The minimum Gasteiger partial charge on any atom is -0.472 e. The number of carbonyl (C=O) groups excluding carboxylic acids is 1. The molecule has 0 spiro atoms. The maximum absolute atomic E-state index is 12.6. The number of amides is 1. The number of furan rings is 1. The molecule has 0 bridgehead atoms. The first-order valence-electron chi connectivity index (χ1n) is 12.2. The van der Waals surface area contributed by atoms with Crippen molar-refractivity contribution < 1.29 is 9.21 Å². The number of anilines is 1. The molecular formula is C31H21N5O2. The Hall–Kier alpha value is -5.43. The second-order valence-corrected chi connectivity index (χ2v) is 9.08. The van der Waals surface area contributed by atoms with Gasteiger partial charge in [-0.25, -0.2) is 0 Å². The minimum atomic E-state index is -0.175. The van der Waals surface area contributed by atoms with Crippen LogP contribution in [0.4, 0.5) is 5.69 Å². The summed E-state index contributed by atoms with van der Waals surface area (Å²) in [6.07, 6.45) is 6.87. The Balaban J connectivity index is 1.25. The third-order valence-corrected chi connectivity index (χ3v) is 6.68. The van der Waals surface area contributed by atoms with Crippen molar-refractivity contribution in [1.82, 2.24) is 20.2 Å². The molecule has 38 heavy (non-hydrogen) atoms. The number of nitrogens with one attached hydrogen (secondary N) is 3. The van der Waals surface area contributed by atoms with Crippen LogP contribution in [0.5, 0.6) is 0 Å². The lowest BCUT2D eigenvalue weighted by Gasteiger charge is -2.08. The Bertz CT molecular complexity index is 1920.